The molecule has 3 N–H and O–H groups in total. The molecule has 2 nitrogen and oxygen atoms in total. The fourth-order valence-corrected chi connectivity index (χ4v) is 3.54. The molecular weight excluding hydrogens is 270 g/mol. The number of phenolic OH excluding ortho intramolecular Hbond substituents is 1. The second kappa shape index (κ2) is 6.97. The van der Waals surface area contributed by atoms with Gasteiger partial charge in [-0.05, 0) is 42.4 Å². The van der Waals surface area contributed by atoms with E-state index in [1.54, 1.807) is 0 Å². The van der Waals surface area contributed by atoms with E-state index in [1.165, 1.54) is 43.2 Å². The predicted molar refractivity (Wildman–Crippen MR) is 91.0 cm³/mol. The average Bonchev–Trinajstić information content (AvgIpc) is 2.57. The molecule has 0 amide bonds. The second-order valence-electron chi connectivity index (χ2n) is 6.45. The Kier molecular flexibility index (Phi) is 4.79. The highest BCUT2D eigenvalue weighted by molar-refractivity contribution is 5.40. The van der Waals surface area contributed by atoms with Gasteiger partial charge in [-0.2, -0.15) is 0 Å². The second-order valence-corrected chi connectivity index (χ2v) is 6.45. The Labute approximate surface area is 133 Å². The molecule has 1 aliphatic rings. The first-order chi connectivity index (χ1) is 10.7. The fraction of sp³-hybridized carbons (Fsp3) is 0.400. The molecule has 0 aromatic heterocycles. The fourth-order valence-electron chi connectivity index (χ4n) is 3.54. The Morgan fingerprint density at radius 3 is 2.45 bits per heavy atom. The number of aromatic hydroxyl groups is 1. The van der Waals surface area contributed by atoms with Crippen molar-refractivity contribution in [3.63, 3.8) is 0 Å². The number of hydrogen-bond donors (Lipinski definition) is 2. The molecule has 0 bridgehead atoms. The molecule has 2 aromatic carbocycles. The first-order valence-corrected chi connectivity index (χ1v) is 8.36. The summed E-state index contributed by atoms with van der Waals surface area (Å²) in [6, 6.07) is 16.1. The smallest absolute Gasteiger partial charge is 0.120 e. The molecule has 1 saturated carbocycles. The SMILES string of the molecule is N[C@@H](Cc1ccccc1)c1cc(C2CCCCC2)ccc1O. The van der Waals surface area contributed by atoms with Crippen molar-refractivity contribution in [1.82, 2.24) is 0 Å². The number of phenols is 1. The van der Waals surface area contributed by atoms with Crippen LogP contribution in [0.5, 0.6) is 5.75 Å². The van der Waals surface area contributed by atoms with E-state index in [2.05, 4.69) is 24.3 Å². The van der Waals surface area contributed by atoms with Crippen LogP contribution in [0.1, 0.15) is 60.8 Å². The van der Waals surface area contributed by atoms with Crippen molar-refractivity contribution in [2.24, 2.45) is 5.73 Å². The number of rotatable bonds is 4. The van der Waals surface area contributed by atoms with Gasteiger partial charge in [0.15, 0.2) is 0 Å². The minimum Gasteiger partial charge on any atom is -0.508 e. The largest absolute Gasteiger partial charge is 0.508 e. The van der Waals surface area contributed by atoms with Gasteiger partial charge in [0.05, 0.1) is 0 Å². The molecule has 0 aliphatic heterocycles. The van der Waals surface area contributed by atoms with E-state index in [1.807, 2.05) is 24.3 Å². The van der Waals surface area contributed by atoms with Crippen molar-refractivity contribution >= 4 is 0 Å². The van der Waals surface area contributed by atoms with Gasteiger partial charge >= 0.3 is 0 Å². The molecule has 1 aliphatic carbocycles. The standard InChI is InChI=1S/C20H25NO/c21-19(13-15-7-3-1-4-8-15)18-14-17(11-12-20(18)22)16-9-5-2-6-10-16/h1,3-4,7-8,11-12,14,16,19,22H,2,5-6,9-10,13,21H2/t19-/m0/s1. The number of benzene rings is 2. The number of hydrogen-bond acceptors (Lipinski definition) is 2. The molecule has 0 saturated heterocycles. The third kappa shape index (κ3) is 3.50. The van der Waals surface area contributed by atoms with E-state index < -0.39 is 0 Å². The van der Waals surface area contributed by atoms with Crippen LogP contribution in [0.4, 0.5) is 0 Å². The van der Waals surface area contributed by atoms with E-state index in [0.717, 1.165) is 12.0 Å². The zero-order valence-corrected chi connectivity index (χ0v) is 13.0. The molecule has 1 fully saturated rings. The summed E-state index contributed by atoms with van der Waals surface area (Å²) >= 11 is 0. The first kappa shape index (κ1) is 15.1. The maximum absolute atomic E-state index is 10.2. The molecule has 116 valence electrons. The summed E-state index contributed by atoms with van der Waals surface area (Å²) in [7, 11) is 0. The van der Waals surface area contributed by atoms with Gasteiger partial charge in [-0.3, -0.25) is 0 Å². The van der Waals surface area contributed by atoms with Gasteiger partial charge in [-0.15, -0.1) is 0 Å². The van der Waals surface area contributed by atoms with E-state index in [4.69, 9.17) is 5.73 Å². The van der Waals surface area contributed by atoms with Gasteiger partial charge in [-0.1, -0.05) is 61.7 Å². The Balaban J connectivity index is 1.79. The maximum atomic E-state index is 10.2. The van der Waals surface area contributed by atoms with Crippen LogP contribution in [-0.4, -0.2) is 5.11 Å². The lowest BCUT2D eigenvalue weighted by Gasteiger charge is -2.23. The van der Waals surface area contributed by atoms with Crippen LogP contribution in [0, 0.1) is 0 Å². The molecule has 0 unspecified atom stereocenters. The van der Waals surface area contributed by atoms with Crippen LogP contribution < -0.4 is 5.73 Å². The lowest BCUT2D eigenvalue weighted by Crippen LogP contribution is -2.14. The molecule has 0 radical (unpaired) electrons. The van der Waals surface area contributed by atoms with Crippen molar-refractivity contribution in [3.05, 3.63) is 65.2 Å². The molecule has 0 spiro atoms. The lowest BCUT2D eigenvalue weighted by atomic mass is 9.83. The van der Waals surface area contributed by atoms with Gasteiger partial charge in [0.1, 0.15) is 5.75 Å². The summed E-state index contributed by atoms with van der Waals surface area (Å²) in [5.74, 6) is 0.958. The highest BCUT2D eigenvalue weighted by Crippen LogP contribution is 2.36. The highest BCUT2D eigenvalue weighted by atomic mass is 16.3. The van der Waals surface area contributed by atoms with Crippen molar-refractivity contribution in [2.45, 2.75) is 50.5 Å². The third-order valence-electron chi connectivity index (χ3n) is 4.83. The quantitative estimate of drug-likeness (QED) is 0.860. The van der Waals surface area contributed by atoms with Crippen molar-refractivity contribution < 1.29 is 5.11 Å². The molecule has 22 heavy (non-hydrogen) atoms. The van der Waals surface area contributed by atoms with Crippen molar-refractivity contribution in [2.75, 3.05) is 0 Å². The van der Waals surface area contributed by atoms with E-state index in [9.17, 15) is 5.11 Å². The molecule has 2 aromatic rings. The average molecular weight is 295 g/mol. The van der Waals surface area contributed by atoms with Crippen molar-refractivity contribution in [1.29, 1.82) is 0 Å². The third-order valence-corrected chi connectivity index (χ3v) is 4.83. The molecular formula is C20H25NO. The van der Waals surface area contributed by atoms with Gasteiger partial charge in [0.25, 0.3) is 0 Å². The highest BCUT2D eigenvalue weighted by Gasteiger charge is 2.19. The Morgan fingerprint density at radius 1 is 1.00 bits per heavy atom. The summed E-state index contributed by atoms with van der Waals surface area (Å²) in [4.78, 5) is 0. The normalized spacial score (nSPS) is 17.3. The van der Waals surface area contributed by atoms with Crippen LogP contribution in [0.3, 0.4) is 0 Å². The predicted octanol–water partition coefficient (Wildman–Crippen LogP) is 4.68. The van der Waals surface area contributed by atoms with Crippen LogP contribution in [0.15, 0.2) is 48.5 Å². The Hall–Kier alpha value is -1.80. The Morgan fingerprint density at radius 2 is 1.73 bits per heavy atom. The monoisotopic (exact) mass is 295 g/mol. The summed E-state index contributed by atoms with van der Waals surface area (Å²) in [5.41, 5.74) is 9.80. The Bertz CT molecular complexity index is 602. The summed E-state index contributed by atoms with van der Waals surface area (Å²) in [5, 5.41) is 10.2. The van der Waals surface area contributed by atoms with Gasteiger partial charge in [0.2, 0.25) is 0 Å². The first-order valence-electron chi connectivity index (χ1n) is 8.36. The van der Waals surface area contributed by atoms with Crippen LogP contribution in [-0.2, 0) is 6.42 Å². The lowest BCUT2D eigenvalue weighted by molar-refractivity contribution is 0.439. The molecule has 2 heteroatoms. The zero-order chi connectivity index (χ0) is 15.4. The van der Waals surface area contributed by atoms with E-state index in [0.29, 0.717) is 11.7 Å². The molecule has 0 heterocycles. The summed E-state index contributed by atoms with van der Waals surface area (Å²) < 4.78 is 0. The van der Waals surface area contributed by atoms with E-state index in [-0.39, 0.29) is 6.04 Å². The summed E-state index contributed by atoms with van der Waals surface area (Å²) in [6.07, 6.45) is 7.27. The van der Waals surface area contributed by atoms with Crippen LogP contribution in [0.25, 0.3) is 0 Å². The van der Waals surface area contributed by atoms with Gasteiger partial charge in [0, 0.05) is 11.6 Å². The van der Waals surface area contributed by atoms with Gasteiger partial charge in [-0.25, -0.2) is 0 Å². The van der Waals surface area contributed by atoms with Crippen LogP contribution >= 0.6 is 0 Å². The zero-order valence-electron chi connectivity index (χ0n) is 13.0. The van der Waals surface area contributed by atoms with E-state index >= 15 is 0 Å². The number of nitrogens with two attached hydrogens (primary N) is 1. The molecule has 3 rings (SSSR count). The summed E-state index contributed by atoms with van der Waals surface area (Å²) in [6.45, 7) is 0. The van der Waals surface area contributed by atoms with Crippen molar-refractivity contribution in [3.8, 4) is 5.75 Å². The maximum Gasteiger partial charge on any atom is 0.120 e. The minimum atomic E-state index is -0.161. The topological polar surface area (TPSA) is 46.2 Å². The molecule has 1 atom stereocenters. The van der Waals surface area contributed by atoms with Crippen LogP contribution in [0.2, 0.25) is 0 Å². The minimum absolute atomic E-state index is 0.161. The van der Waals surface area contributed by atoms with Gasteiger partial charge < -0.3 is 10.8 Å².